The SMILES string of the molecule is Cc1cc(C)c(-c2[c]c(-c3c(C)cc(C)cc3C)ccc2)c(C)c1.Cc1cc(C)c(-c2[c]c(-c3c(C)cc(C)cc3C)ccc2)c(C)c1.O.[Cl-].[Cl-].[Sb].[Sb]. The van der Waals surface area contributed by atoms with Crippen LogP contribution < -0.4 is 24.8 Å². The fraction of sp³-hybridized carbons (Fsp3) is 0.250. The predicted octanol–water partition coefficient (Wildman–Crippen LogP) is 5.76. The topological polar surface area (TPSA) is 31.5 Å². The van der Waals surface area contributed by atoms with Gasteiger partial charge in [0.25, 0.3) is 0 Å². The van der Waals surface area contributed by atoms with Gasteiger partial charge >= 0.3 is 0 Å². The van der Waals surface area contributed by atoms with Crippen LogP contribution in [-0.2, 0) is 0 Å². The molecule has 0 aliphatic rings. The quantitative estimate of drug-likeness (QED) is 0.202. The number of benzene rings is 6. The van der Waals surface area contributed by atoms with Crippen molar-refractivity contribution in [3.63, 3.8) is 0 Å². The van der Waals surface area contributed by atoms with Crippen LogP contribution in [0.2, 0.25) is 0 Å². The second-order valence-electron chi connectivity index (χ2n) is 14.1. The summed E-state index contributed by atoms with van der Waals surface area (Å²) < 4.78 is 0. The van der Waals surface area contributed by atoms with Gasteiger partial charge in [-0.25, -0.2) is 0 Å². The van der Waals surface area contributed by atoms with Crippen LogP contribution in [0.5, 0.6) is 0 Å². The molecule has 8 radical (unpaired) electrons. The molecular formula is C48H52Cl2OSb2-2. The van der Waals surface area contributed by atoms with Crippen LogP contribution >= 0.6 is 0 Å². The zero-order chi connectivity index (χ0) is 34.9. The number of hydrogen-bond donors (Lipinski definition) is 0. The molecule has 0 atom stereocenters. The zero-order valence-corrected chi connectivity index (χ0v) is 39.9. The molecule has 276 valence electrons. The van der Waals surface area contributed by atoms with Crippen molar-refractivity contribution < 1.29 is 30.3 Å². The third kappa shape index (κ3) is 11.7. The minimum absolute atomic E-state index is 0. The molecule has 0 bridgehead atoms. The van der Waals surface area contributed by atoms with Gasteiger partial charge in [-0.15, -0.1) is 0 Å². The summed E-state index contributed by atoms with van der Waals surface area (Å²) in [4.78, 5) is 0. The van der Waals surface area contributed by atoms with Crippen molar-refractivity contribution in [2.24, 2.45) is 0 Å². The van der Waals surface area contributed by atoms with Crippen molar-refractivity contribution in [1.29, 1.82) is 0 Å². The Morgan fingerprint density at radius 3 is 0.604 bits per heavy atom. The molecule has 6 rings (SSSR count). The molecule has 1 nitrogen and oxygen atoms in total. The molecule has 0 fully saturated rings. The molecule has 53 heavy (non-hydrogen) atoms. The number of hydrogen-bond acceptors (Lipinski definition) is 0. The van der Waals surface area contributed by atoms with E-state index in [1.165, 1.54) is 111 Å². The fourth-order valence-electron chi connectivity index (χ4n) is 7.94. The maximum Gasteiger partial charge on any atom is 0 e. The van der Waals surface area contributed by atoms with Crippen LogP contribution in [0.1, 0.15) is 66.8 Å². The molecule has 0 heterocycles. The average molecular weight is 959 g/mol. The Morgan fingerprint density at radius 2 is 0.453 bits per heavy atom. The molecule has 0 saturated heterocycles. The van der Waals surface area contributed by atoms with Crippen molar-refractivity contribution in [3.8, 4) is 44.5 Å². The van der Waals surface area contributed by atoms with Crippen molar-refractivity contribution in [3.05, 3.63) is 164 Å². The van der Waals surface area contributed by atoms with Crippen molar-refractivity contribution >= 4 is 48.9 Å². The summed E-state index contributed by atoms with van der Waals surface area (Å²) in [5.41, 5.74) is 25.8. The van der Waals surface area contributed by atoms with Crippen molar-refractivity contribution in [2.45, 2.75) is 83.1 Å². The summed E-state index contributed by atoms with van der Waals surface area (Å²) in [5.74, 6) is 0. The molecule has 0 aromatic heterocycles. The largest absolute Gasteiger partial charge is 1.00 e. The molecule has 5 heteroatoms. The summed E-state index contributed by atoms with van der Waals surface area (Å²) in [6.45, 7) is 26.2. The second-order valence-corrected chi connectivity index (χ2v) is 14.1. The molecule has 6 aromatic carbocycles. The Labute approximate surface area is 367 Å². The van der Waals surface area contributed by atoms with Crippen LogP contribution in [-0.4, -0.2) is 54.3 Å². The minimum atomic E-state index is 0. The van der Waals surface area contributed by atoms with E-state index < -0.39 is 0 Å². The third-order valence-corrected chi connectivity index (χ3v) is 9.38. The summed E-state index contributed by atoms with van der Waals surface area (Å²) >= 11 is 0. The first-order valence-electron chi connectivity index (χ1n) is 17.1. The first-order chi connectivity index (χ1) is 22.7. The van der Waals surface area contributed by atoms with E-state index >= 15 is 0 Å². The molecule has 0 unspecified atom stereocenters. The van der Waals surface area contributed by atoms with E-state index in [-0.39, 0.29) is 79.1 Å². The Hall–Kier alpha value is -2.50. The van der Waals surface area contributed by atoms with Gasteiger partial charge in [0, 0.05) is 48.9 Å². The van der Waals surface area contributed by atoms with Gasteiger partial charge in [-0.1, -0.05) is 107 Å². The summed E-state index contributed by atoms with van der Waals surface area (Å²) in [6.07, 6.45) is 0. The summed E-state index contributed by atoms with van der Waals surface area (Å²) in [5, 5.41) is 0. The number of halogens is 2. The van der Waals surface area contributed by atoms with Crippen LogP contribution in [0.4, 0.5) is 0 Å². The summed E-state index contributed by atoms with van der Waals surface area (Å²) in [6, 6.07) is 38.4. The molecule has 0 aliphatic heterocycles. The van der Waals surface area contributed by atoms with Gasteiger partial charge in [0.1, 0.15) is 0 Å². The standard InChI is InChI=1S/2C24H25.2ClH.H2O.2Sb/c2*1-15-10-17(3)23(18(4)11-15)21-8-7-9-22(14-21)24-19(5)12-16(2)13-20(24)6;;;;;/h2*7-13H,1-6H3;2*1H;1H2;;/p-2. The number of rotatable bonds is 4. The molecule has 0 amide bonds. The van der Waals surface area contributed by atoms with Gasteiger partial charge in [0.15, 0.2) is 0 Å². The van der Waals surface area contributed by atoms with Crippen molar-refractivity contribution in [1.82, 2.24) is 0 Å². The van der Waals surface area contributed by atoms with E-state index in [0.717, 1.165) is 0 Å². The van der Waals surface area contributed by atoms with Crippen LogP contribution in [0.15, 0.2) is 84.9 Å². The van der Waals surface area contributed by atoms with Gasteiger partial charge in [0.2, 0.25) is 0 Å². The van der Waals surface area contributed by atoms with Gasteiger partial charge in [0.05, 0.1) is 0 Å². The fourth-order valence-corrected chi connectivity index (χ4v) is 7.94. The Balaban J connectivity index is 0.000000932. The van der Waals surface area contributed by atoms with E-state index in [0.29, 0.717) is 0 Å². The first kappa shape index (κ1) is 50.5. The zero-order valence-electron chi connectivity index (χ0n) is 33.2. The Morgan fingerprint density at radius 1 is 0.302 bits per heavy atom. The molecule has 0 aliphatic carbocycles. The first-order valence-corrected chi connectivity index (χ1v) is 17.1. The minimum Gasteiger partial charge on any atom is -1.00 e. The normalized spacial score (nSPS) is 9.89. The smallest absolute Gasteiger partial charge is 0 e. The van der Waals surface area contributed by atoms with E-state index in [2.05, 4.69) is 180 Å². The van der Waals surface area contributed by atoms with Crippen LogP contribution in [0.3, 0.4) is 0 Å². The number of aryl methyl sites for hydroxylation is 12. The Kier molecular flexibility index (Phi) is 20.5. The van der Waals surface area contributed by atoms with E-state index in [4.69, 9.17) is 0 Å². The predicted molar refractivity (Wildman–Crippen MR) is 224 cm³/mol. The average Bonchev–Trinajstić information content (AvgIpc) is 2.96. The Bertz CT molecular complexity index is 1770. The molecule has 0 saturated carbocycles. The maximum atomic E-state index is 3.68. The van der Waals surface area contributed by atoms with Crippen LogP contribution in [0, 0.1) is 95.2 Å². The molecule has 2 N–H and O–H groups in total. The molecule has 6 aromatic rings. The molecular weight excluding hydrogens is 907 g/mol. The van der Waals surface area contributed by atoms with Gasteiger partial charge < -0.3 is 30.3 Å². The van der Waals surface area contributed by atoms with Crippen molar-refractivity contribution in [2.75, 3.05) is 0 Å². The maximum absolute atomic E-state index is 3.68. The van der Waals surface area contributed by atoms with E-state index in [1.54, 1.807) is 0 Å². The van der Waals surface area contributed by atoms with Gasteiger partial charge in [-0.05, 0) is 184 Å². The molecule has 0 spiro atoms. The van der Waals surface area contributed by atoms with E-state index in [9.17, 15) is 0 Å². The van der Waals surface area contributed by atoms with Crippen LogP contribution in [0.25, 0.3) is 44.5 Å². The third-order valence-electron chi connectivity index (χ3n) is 9.38. The van der Waals surface area contributed by atoms with Gasteiger partial charge in [-0.2, -0.15) is 0 Å². The second kappa shape index (κ2) is 21.6. The summed E-state index contributed by atoms with van der Waals surface area (Å²) in [7, 11) is 0. The van der Waals surface area contributed by atoms with E-state index in [1.807, 2.05) is 0 Å². The monoisotopic (exact) mass is 956 g/mol. The van der Waals surface area contributed by atoms with Gasteiger partial charge in [-0.3, -0.25) is 0 Å².